The summed E-state index contributed by atoms with van der Waals surface area (Å²) < 4.78 is 7.32. The Morgan fingerprint density at radius 2 is 1.89 bits per heavy atom. The third-order valence-corrected chi connectivity index (χ3v) is 7.57. The SMILES string of the molecule is Cn1nc(C2CCC(=O)NC2=O)c2ccc(NC3CCC4(CC3)CN(C(=O)OC(C)(C)C)C4)cc21. The van der Waals surface area contributed by atoms with Gasteiger partial charge in [0.25, 0.3) is 0 Å². The fourth-order valence-corrected chi connectivity index (χ4v) is 5.73. The topological polar surface area (TPSA) is 106 Å². The van der Waals surface area contributed by atoms with Gasteiger partial charge in [-0.05, 0) is 71.1 Å². The van der Waals surface area contributed by atoms with Crippen LogP contribution in [0.3, 0.4) is 0 Å². The lowest BCUT2D eigenvalue weighted by molar-refractivity contribution is -0.134. The molecule has 188 valence electrons. The minimum Gasteiger partial charge on any atom is -0.444 e. The fraction of sp³-hybridized carbons (Fsp3) is 0.615. The number of nitrogens with zero attached hydrogens (tertiary/aromatic N) is 3. The molecule has 5 rings (SSSR count). The van der Waals surface area contributed by atoms with E-state index in [4.69, 9.17) is 4.74 Å². The van der Waals surface area contributed by atoms with Crippen molar-refractivity contribution in [1.82, 2.24) is 20.0 Å². The van der Waals surface area contributed by atoms with Crippen LogP contribution >= 0.6 is 0 Å². The van der Waals surface area contributed by atoms with Crippen molar-refractivity contribution < 1.29 is 19.1 Å². The fourth-order valence-electron chi connectivity index (χ4n) is 5.73. The molecule has 2 aliphatic heterocycles. The Morgan fingerprint density at radius 3 is 2.54 bits per heavy atom. The molecule has 0 bridgehead atoms. The Bertz CT molecular complexity index is 1160. The number of fused-ring (bicyclic) bond motifs is 1. The van der Waals surface area contributed by atoms with Crippen LogP contribution in [0.5, 0.6) is 0 Å². The molecule has 3 amide bonds. The number of benzene rings is 1. The van der Waals surface area contributed by atoms with E-state index in [1.807, 2.05) is 43.5 Å². The van der Waals surface area contributed by atoms with Gasteiger partial charge in [0.05, 0.1) is 17.1 Å². The van der Waals surface area contributed by atoms with Crippen LogP contribution in [0.2, 0.25) is 0 Å². The number of hydrogen-bond donors (Lipinski definition) is 2. The molecule has 2 N–H and O–H groups in total. The molecule has 1 aromatic carbocycles. The number of ether oxygens (including phenoxy) is 1. The maximum Gasteiger partial charge on any atom is 0.410 e. The highest BCUT2D eigenvalue weighted by atomic mass is 16.6. The Balaban J connectivity index is 1.19. The summed E-state index contributed by atoms with van der Waals surface area (Å²) in [5.74, 6) is -0.875. The predicted molar refractivity (Wildman–Crippen MR) is 132 cm³/mol. The molecule has 1 unspecified atom stereocenters. The van der Waals surface area contributed by atoms with E-state index in [1.54, 1.807) is 0 Å². The minimum absolute atomic E-state index is 0.204. The molecule has 3 fully saturated rings. The molecule has 3 heterocycles. The van der Waals surface area contributed by atoms with Crippen LogP contribution in [-0.2, 0) is 21.4 Å². The Hall–Kier alpha value is -3.10. The number of rotatable bonds is 3. The van der Waals surface area contributed by atoms with Crippen molar-refractivity contribution in [3.63, 3.8) is 0 Å². The smallest absolute Gasteiger partial charge is 0.410 e. The zero-order valence-corrected chi connectivity index (χ0v) is 21.0. The molecule has 3 aliphatic rings. The first-order chi connectivity index (χ1) is 16.5. The molecular weight excluding hydrogens is 446 g/mol. The number of hydrogen-bond acceptors (Lipinski definition) is 6. The van der Waals surface area contributed by atoms with E-state index in [9.17, 15) is 14.4 Å². The summed E-state index contributed by atoms with van der Waals surface area (Å²) in [5.41, 5.74) is 2.52. The van der Waals surface area contributed by atoms with Crippen LogP contribution in [0.1, 0.15) is 70.9 Å². The van der Waals surface area contributed by atoms with Crippen molar-refractivity contribution in [2.45, 2.75) is 76.9 Å². The van der Waals surface area contributed by atoms with Gasteiger partial charge in [-0.2, -0.15) is 5.10 Å². The first kappa shape index (κ1) is 23.6. The average molecular weight is 482 g/mol. The van der Waals surface area contributed by atoms with Crippen LogP contribution in [0, 0.1) is 5.41 Å². The third-order valence-electron chi connectivity index (χ3n) is 7.57. The van der Waals surface area contributed by atoms with Crippen LogP contribution in [0.4, 0.5) is 10.5 Å². The van der Waals surface area contributed by atoms with E-state index in [1.165, 1.54) is 0 Å². The number of nitrogens with one attached hydrogen (secondary N) is 2. The summed E-state index contributed by atoms with van der Waals surface area (Å²) in [6, 6.07) is 6.56. The number of imide groups is 1. The van der Waals surface area contributed by atoms with Crippen molar-refractivity contribution in [3.8, 4) is 0 Å². The first-order valence-corrected chi connectivity index (χ1v) is 12.6. The first-order valence-electron chi connectivity index (χ1n) is 12.6. The monoisotopic (exact) mass is 481 g/mol. The van der Waals surface area contributed by atoms with Crippen molar-refractivity contribution in [2.75, 3.05) is 18.4 Å². The molecule has 1 atom stereocenters. The second-order valence-corrected chi connectivity index (χ2v) is 11.5. The van der Waals surface area contributed by atoms with E-state index in [2.05, 4.69) is 27.9 Å². The van der Waals surface area contributed by atoms with Gasteiger partial charge in [0.2, 0.25) is 11.8 Å². The molecule has 9 heteroatoms. The molecule has 2 aromatic rings. The zero-order valence-electron chi connectivity index (χ0n) is 21.0. The van der Waals surface area contributed by atoms with Gasteiger partial charge in [-0.1, -0.05) is 0 Å². The number of likely N-dealkylation sites (tertiary alicyclic amines) is 1. The van der Waals surface area contributed by atoms with Gasteiger partial charge in [-0.3, -0.25) is 19.6 Å². The summed E-state index contributed by atoms with van der Waals surface area (Å²) in [6.45, 7) is 7.28. The summed E-state index contributed by atoms with van der Waals surface area (Å²) in [7, 11) is 1.89. The number of amides is 3. The summed E-state index contributed by atoms with van der Waals surface area (Å²) >= 11 is 0. The standard InChI is InChI=1S/C26H35N5O4/c1-25(2,3)35-24(34)31-14-26(15-31)11-9-16(10-12-26)27-17-5-6-18-20(13-17)30(4)29-22(18)19-7-8-21(32)28-23(19)33/h5-6,13,16,19,27H,7-12,14-15H2,1-4H3,(H,28,32,33). The van der Waals surface area contributed by atoms with Gasteiger partial charge < -0.3 is 15.0 Å². The average Bonchev–Trinajstić information content (AvgIpc) is 3.07. The molecule has 2 saturated heterocycles. The highest BCUT2D eigenvalue weighted by molar-refractivity contribution is 6.02. The van der Waals surface area contributed by atoms with Crippen molar-refractivity contribution in [2.24, 2.45) is 12.5 Å². The lowest BCUT2D eigenvalue weighted by atomic mass is 9.67. The van der Waals surface area contributed by atoms with Crippen LogP contribution < -0.4 is 10.6 Å². The molecule has 1 aromatic heterocycles. The number of anilines is 1. The van der Waals surface area contributed by atoms with Crippen LogP contribution in [0.25, 0.3) is 10.9 Å². The van der Waals surface area contributed by atoms with Crippen molar-refractivity contribution >= 4 is 34.5 Å². The van der Waals surface area contributed by atoms with Gasteiger partial charge >= 0.3 is 6.09 Å². The highest BCUT2D eigenvalue weighted by Gasteiger charge is 2.48. The second-order valence-electron chi connectivity index (χ2n) is 11.5. The molecule has 0 radical (unpaired) electrons. The Kier molecular flexibility index (Phi) is 5.76. The van der Waals surface area contributed by atoms with Crippen molar-refractivity contribution in [1.29, 1.82) is 0 Å². The summed E-state index contributed by atoms with van der Waals surface area (Å²) in [4.78, 5) is 38.0. The number of aromatic nitrogens is 2. The Morgan fingerprint density at radius 1 is 1.17 bits per heavy atom. The Labute approximate surface area is 205 Å². The zero-order chi connectivity index (χ0) is 25.0. The van der Waals surface area contributed by atoms with Crippen LogP contribution in [0.15, 0.2) is 18.2 Å². The lowest BCUT2D eigenvalue weighted by Crippen LogP contribution is -2.60. The summed E-state index contributed by atoms with van der Waals surface area (Å²) in [5, 5.41) is 11.7. The molecule has 9 nitrogen and oxygen atoms in total. The largest absolute Gasteiger partial charge is 0.444 e. The van der Waals surface area contributed by atoms with Crippen LogP contribution in [-0.4, -0.2) is 57.3 Å². The second kappa shape index (κ2) is 8.53. The van der Waals surface area contributed by atoms with Gasteiger partial charge in [-0.15, -0.1) is 0 Å². The van der Waals surface area contributed by atoms with E-state index in [-0.39, 0.29) is 23.3 Å². The molecular formula is C26H35N5O4. The quantitative estimate of drug-likeness (QED) is 0.648. The molecule has 1 saturated carbocycles. The van der Waals surface area contributed by atoms with E-state index in [0.29, 0.717) is 18.9 Å². The molecule has 1 aliphatic carbocycles. The number of carbonyl (C=O) groups excluding carboxylic acids is 3. The van der Waals surface area contributed by atoms with Gasteiger partial charge in [0.15, 0.2) is 0 Å². The normalized spacial score (nSPS) is 22.7. The maximum atomic E-state index is 12.4. The predicted octanol–water partition coefficient (Wildman–Crippen LogP) is 3.69. The molecule has 35 heavy (non-hydrogen) atoms. The number of piperidine rings is 1. The van der Waals surface area contributed by atoms with Gasteiger partial charge in [-0.25, -0.2) is 4.79 Å². The maximum absolute atomic E-state index is 12.4. The van der Waals surface area contributed by atoms with E-state index in [0.717, 1.165) is 61.1 Å². The van der Waals surface area contributed by atoms with Gasteiger partial charge in [0, 0.05) is 49.1 Å². The molecule has 1 spiro atoms. The summed E-state index contributed by atoms with van der Waals surface area (Å²) in [6.07, 6.45) is 4.94. The van der Waals surface area contributed by atoms with Crippen molar-refractivity contribution in [3.05, 3.63) is 23.9 Å². The number of aryl methyl sites for hydroxylation is 1. The third kappa shape index (κ3) is 4.73. The minimum atomic E-state index is -0.459. The number of carbonyl (C=O) groups is 3. The van der Waals surface area contributed by atoms with E-state index < -0.39 is 11.5 Å². The van der Waals surface area contributed by atoms with E-state index >= 15 is 0 Å². The highest BCUT2D eigenvalue weighted by Crippen LogP contribution is 2.45. The van der Waals surface area contributed by atoms with Gasteiger partial charge in [0.1, 0.15) is 5.60 Å². The lowest BCUT2D eigenvalue weighted by Gasteiger charge is -2.53.